The molecule has 0 aromatic heterocycles. The standard InChI is InChI=1S/C20H27N3O6.C19H25N3O6.C18H24N2O5.C14H17N3O4.C13H16N2O3.C11H20N2O4.2CH4.B.3ClH.FH.H2/c1-20(2,3)29-19(27)21-11-16(24)23-12-14(10-15(23)18(26)28-4)22-17(25)13-8-6-5-7-9-13;1-19(2,3)28-18(27)20-10-15(23)22-11-13(9-14(22)17(25)26)21-16(24)12-7-5-4-6-8-12;1-18(2,3)25-17(23)20-11-13(10-14(20)16(22)24-4)19-15(21)12-8-6-5-7-9-12;15-7-12(18)17-8-10(6-11(17)14(20)21)16-13(19)9-4-2-1-3-5-9;1-18-13(17)11-7-10(8-14-11)15-12(16)9-5-3-2-4-6-9;1-11(2,3)17-10(15)13-6-7(12)5-8(13)9(14)16-4;;;;;;;;/h5-9,14-15H,10-12H2,1-4H3,(H,21,27)(H,22,25);4-8,13-14H,9-11H2,1-3H3,(H,20,27)(H,21,24)(H,25,26);5-9,13-14H,10-11H2,1-4H3,(H,19,21);1-5,10-11H,6-8,15H2,(H,16,19)(H,20,21);2-6,10-11,14H,7-8H2,1H3,(H,15,16);7-8H,5-6,12H2,1-4H3;2*1H4;;5*1H/t14-,15-;2*13-,14-;2*10-,11-;7-,8-;;;;;;;;/m000000......../s1/i;;;;;;;;;;;;;1+1. The van der Waals surface area contributed by atoms with Gasteiger partial charge in [-0.15, -0.1) is 37.2 Å². The summed E-state index contributed by atoms with van der Waals surface area (Å²) in [6, 6.07) is 37.1. The average molecular weight is 2100 g/mol. The largest absolute Gasteiger partial charge is 0.480 e. The summed E-state index contributed by atoms with van der Waals surface area (Å²) < 4.78 is 39.6. The van der Waals surface area contributed by atoms with E-state index in [0.717, 1.165) is 4.90 Å². The van der Waals surface area contributed by atoms with E-state index in [-0.39, 0.29) is 191 Å². The van der Waals surface area contributed by atoms with Gasteiger partial charge in [0.25, 0.3) is 29.5 Å². The van der Waals surface area contributed by atoms with Crippen LogP contribution in [0.1, 0.15) is 190 Å². The molecular formula is C97H143BCl3FN15O28. The van der Waals surface area contributed by atoms with E-state index in [0.29, 0.717) is 53.7 Å². The van der Waals surface area contributed by atoms with Gasteiger partial charge in [-0.25, -0.2) is 43.2 Å². The Hall–Kier alpha value is -13.5. The van der Waals surface area contributed by atoms with Crippen LogP contribution in [0, 0.1) is 0 Å². The summed E-state index contributed by atoms with van der Waals surface area (Å²) in [4.78, 5) is 221. The molecular weight excluding hydrogens is 1960 g/mol. The number of carbonyl (C=O) groups excluding carboxylic acids is 16. The molecule has 43 nitrogen and oxygen atoms in total. The first-order valence-corrected chi connectivity index (χ1v) is 44.4. The van der Waals surface area contributed by atoms with Gasteiger partial charge in [-0.05, 0) is 157 Å². The number of hydrogen-bond donors (Lipinski definition) is 12. The lowest BCUT2D eigenvalue weighted by atomic mass is 10.1. The lowest BCUT2D eigenvalue weighted by molar-refractivity contribution is -0.150. The maximum atomic E-state index is 12.6. The SMILES string of the molecule is C.C.CC(C)(C)OC(=O)NCC(=O)N1C[C@@H](NC(=O)c2ccccc2)C[C@H]1C(=O)O.COC(=O)[C@@H]1C[C@H](N)CN1C(=O)OC(C)(C)C.COC(=O)[C@@H]1C[C@H](NC(=O)c2ccccc2)CN1.COC(=O)[C@@H]1C[C@H](NC(=O)c2ccccc2)CN1C(=O)CNC(=O)OC(C)(C)C.COC(=O)[C@@H]1C[C@H](NC(=O)c2ccccc2)CN1C(=O)OC(C)(C)C.Cl.Cl.Cl.F.NCC(=O)N1C[C@@H](NC(=O)c2ccccc2)C[C@H]1C(=O)O.[2HH].[B]. The molecule has 5 aromatic rings. The molecule has 6 heterocycles. The lowest BCUT2D eigenvalue weighted by Crippen LogP contribution is -2.47. The molecule has 0 spiro atoms. The van der Waals surface area contributed by atoms with Crippen molar-refractivity contribution in [2.45, 2.75) is 231 Å². The predicted molar refractivity (Wildman–Crippen MR) is 542 cm³/mol. The van der Waals surface area contributed by atoms with E-state index in [1.54, 1.807) is 210 Å². The van der Waals surface area contributed by atoms with E-state index in [4.69, 9.17) is 45.0 Å². The number of carbonyl (C=O) groups is 18. The third-order valence-electron chi connectivity index (χ3n) is 21.0. The van der Waals surface area contributed by atoms with E-state index in [9.17, 15) is 91.4 Å². The van der Waals surface area contributed by atoms with Gasteiger partial charge in [0, 0.05) is 139 Å². The van der Waals surface area contributed by atoms with Crippen LogP contribution in [-0.4, -0.2) is 333 Å². The second-order valence-electron chi connectivity index (χ2n) is 36.5. The predicted octanol–water partition coefficient (Wildman–Crippen LogP) is 6.85. The minimum Gasteiger partial charge on any atom is -0.480 e. The molecule has 145 heavy (non-hydrogen) atoms. The molecule has 6 fully saturated rings. The van der Waals surface area contributed by atoms with Crippen molar-refractivity contribution in [2.75, 3.05) is 87.3 Å². The minimum absolute atomic E-state index is 0. The molecule has 12 amide bonds. The lowest BCUT2D eigenvalue weighted by Gasteiger charge is -2.27. The number of likely N-dealkylation sites (tertiary alicyclic amines) is 5. The van der Waals surface area contributed by atoms with Crippen molar-refractivity contribution in [2.24, 2.45) is 11.5 Å². The van der Waals surface area contributed by atoms with E-state index in [1.807, 2.05) is 24.3 Å². The zero-order valence-corrected chi connectivity index (χ0v) is 85.0. The maximum Gasteiger partial charge on any atom is 0.411 e. The topological polar surface area (TPSA) is 586 Å². The van der Waals surface area contributed by atoms with Crippen LogP contribution in [0.3, 0.4) is 0 Å². The van der Waals surface area contributed by atoms with E-state index in [2.05, 4.69) is 52.0 Å². The number of carboxylic acids is 2. The molecule has 0 unspecified atom stereocenters. The van der Waals surface area contributed by atoms with Crippen LogP contribution in [0.15, 0.2) is 152 Å². The smallest absolute Gasteiger partial charge is 0.411 e. The monoisotopic (exact) mass is 2100 g/mol. The summed E-state index contributed by atoms with van der Waals surface area (Å²) in [6.45, 7) is 21.2. The van der Waals surface area contributed by atoms with E-state index in [1.165, 1.54) is 48.0 Å². The number of nitrogens with zero attached hydrogens (tertiary/aromatic N) is 5. The fraction of sp³-hybridized carbons (Fsp3) is 0.505. The number of esters is 4. The molecule has 0 saturated carbocycles. The van der Waals surface area contributed by atoms with Crippen LogP contribution in [0.25, 0.3) is 0 Å². The summed E-state index contributed by atoms with van der Waals surface area (Å²) in [5, 5.41) is 40.4. The first-order chi connectivity index (χ1) is 64.8. The molecule has 6 aliphatic rings. The minimum atomic E-state index is -1.16. The molecule has 0 bridgehead atoms. The third kappa shape index (κ3) is 44.7. The average Bonchev–Trinajstić information content (AvgIpc) is 1.70. The number of hydrogen-bond acceptors (Lipinski definition) is 29. The summed E-state index contributed by atoms with van der Waals surface area (Å²) in [5.74, 6) is -6.84. The molecule has 805 valence electrons. The molecule has 48 heteroatoms. The third-order valence-corrected chi connectivity index (χ3v) is 21.0. The zero-order valence-electron chi connectivity index (χ0n) is 82.6. The fourth-order valence-corrected chi connectivity index (χ4v) is 14.8. The van der Waals surface area contributed by atoms with Gasteiger partial charge in [0.05, 0.1) is 35.0 Å². The summed E-state index contributed by atoms with van der Waals surface area (Å²) in [5.41, 5.74) is 10.9. The van der Waals surface area contributed by atoms with Crippen molar-refractivity contribution < 1.29 is 141 Å². The molecule has 14 N–H and O–H groups in total. The fourth-order valence-electron chi connectivity index (χ4n) is 14.8. The molecule has 6 aliphatic heterocycles. The maximum absolute atomic E-state index is 12.6. The van der Waals surface area contributed by atoms with Crippen LogP contribution < -0.4 is 54.0 Å². The van der Waals surface area contributed by atoms with Crippen molar-refractivity contribution in [3.05, 3.63) is 179 Å². The number of halogens is 4. The number of benzene rings is 5. The van der Waals surface area contributed by atoms with Crippen molar-refractivity contribution >= 4 is 153 Å². The van der Waals surface area contributed by atoms with E-state index < -0.39 is 149 Å². The normalized spacial score (nSPS) is 19.6. The quantitative estimate of drug-likeness (QED) is 0.0203. The highest BCUT2D eigenvalue weighted by Crippen LogP contribution is 2.28. The number of nitrogens with one attached hydrogen (secondary N) is 8. The summed E-state index contributed by atoms with van der Waals surface area (Å²) >= 11 is 0. The van der Waals surface area contributed by atoms with Crippen molar-refractivity contribution in [1.29, 1.82) is 0 Å². The Bertz CT molecular complexity index is 5050. The molecule has 6 saturated heterocycles. The van der Waals surface area contributed by atoms with Crippen LogP contribution in [0.4, 0.5) is 23.9 Å². The first kappa shape index (κ1) is 134. The number of methoxy groups -OCH3 is 4. The summed E-state index contributed by atoms with van der Waals surface area (Å²) in [7, 11) is 5.16. The Balaban J connectivity index is -0.00000168. The molecule has 3 radical (unpaired) electrons. The number of carboxylic acid groups (broad SMARTS) is 2. The Labute approximate surface area is 865 Å². The van der Waals surface area contributed by atoms with Crippen molar-refractivity contribution in [3.8, 4) is 0 Å². The number of aliphatic carboxylic acids is 2. The number of rotatable bonds is 21. The number of amides is 12. The highest BCUT2D eigenvalue weighted by Gasteiger charge is 2.47. The van der Waals surface area contributed by atoms with Gasteiger partial charge >= 0.3 is 60.2 Å². The second-order valence-corrected chi connectivity index (χ2v) is 36.5. The Morgan fingerprint density at radius 3 is 0.862 bits per heavy atom. The van der Waals surface area contributed by atoms with Crippen molar-refractivity contribution in [3.63, 3.8) is 0 Å². The highest BCUT2D eigenvalue weighted by atomic mass is 35.5. The van der Waals surface area contributed by atoms with Gasteiger partial charge in [-0.3, -0.25) is 57.7 Å². The number of alkyl carbamates (subject to hydrolysis) is 2. The van der Waals surface area contributed by atoms with Gasteiger partial charge in [-0.2, -0.15) is 0 Å². The molecule has 5 aromatic carbocycles. The number of ether oxygens (including phenoxy) is 8. The van der Waals surface area contributed by atoms with E-state index >= 15 is 0 Å². The van der Waals surface area contributed by atoms with Crippen LogP contribution in [0.2, 0.25) is 0 Å². The molecule has 12 atom stereocenters. The molecule has 0 aliphatic carbocycles. The summed E-state index contributed by atoms with van der Waals surface area (Å²) in [6.07, 6.45) is -0.869. The van der Waals surface area contributed by atoms with Crippen LogP contribution in [-0.2, 0) is 81.0 Å². The van der Waals surface area contributed by atoms with Crippen LogP contribution >= 0.6 is 37.2 Å². The van der Waals surface area contributed by atoms with Gasteiger partial charge in [0.15, 0.2) is 0 Å². The van der Waals surface area contributed by atoms with Gasteiger partial charge in [-0.1, -0.05) is 106 Å². The van der Waals surface area contributed by atoms with Crippen molar-refractivity contribution in [1.82, 2.24) is 67.0 Å². The van der Waals surface area contributed by atoms with Gasteiger partial charge in [0.1, 0.15) is 71.7 Å². The molecule has 11 rings (SSSR count). The zero-order chi connectivity index (χ0) is 103. The van der Waals surface area contributed by atoms with Gasteiger partial charge in [0.2, 0.25) is 17.7 Å². The Morgan fingerprint density at radius 1 is 0.352 bits per heavy atom. The Kier molecular flexibility index (Phi) is 58.0. The second kappa shape index (κ2) is 62.9. The Morgan fingerprint density at radius 2 is 0.593 bits per heavy atom. The number of nitrogens with two attached hydrogens (primary N) is 2. The van der Waals surface area contributed by atoms with Gasteiger partial charge < -0.3 is 117 Å². The highest BCUT2D eigenvalue weighted by molar-refractivity contribution is 5.98. The first-order valence-electron chi connectivity index (χ1n) is 44.4. The van der Waals surface area contributed by atoms with Crippen LogP contribution in [0.5, 0.6) is 0 Å².